The number of rotatable bonds is 7. The topological polar surface area (TPSA) is 95.9 Å². The molecular weight excluding hydrogens is 436 g/mol. The van der Waals surface area contributed by atoms with E-state index in [4.69, 9.17) is 8.67 Å². The fourth-order valence-electron chi connectivity index (χ4n) is 5.02. The second-order valence-electron chi connectivity index (χ2n) is 10.5. The van der Waals surface area contributed by atoms with Crippen LogP contribution in [-0.4, -0.2) is 60.0 Å². The molecule has 2 aliphatic heterocycles. The van der Waals surface area contributed by atoms with Crippen molar-refractivity contribution < 1.29 is 17.0 Å². The van der Waals surface area contributed by atoms with Crippen molar-refractivity contribution in [2.75, 3.05) is 26.9 Å². The average molecular weight is 493 g/mol. The maximum Gasteiger partial charge on any atom is 0.0639 e. The molecule has 2 heterocycles. The van der Waals surface area contributed by atoms with Gasteiger partial charge in [-0.05, 0) is 66.0 Å². The lowest BCUT2D eigenvalue weighted by molar-refractivity contribution is -0.206. The first-order valence-electron chi connectivity index (χ1n) is 12.4. The molecule has 4 aliphatic carbocycles. The predicted molar refractivity (Wildman–Crippen MR) is 147 cm³/mol. The molecule has 7 nitrogen and oxygen atoms in total. The van der Waals surface area contributed by atoms with Crippen LogP contribution in [0.1, 0.15) is 76.0 Å². The molecule has 0 amide bonds. The summed E-state index contributed by atoms with van der Waals surface area (Å²) in [6.07, 6.45) is 14.0. The van der Waals surface area contributed by atoms with E-state index in [9.17, 15) is 0 Å². The van der Waals surface area contributed by atoms with Gasteiger partial charge in [0.05, 0.1) is 6.17 Å². The molecule has 2 saturated heterocycles. The summed E-state index contributed by atoms with van der Waals surface area (Å²) < 4.78 is 12.7. The van der Waals surface area contributed by atoms with E-state index < -0.39 is 10.8 Å². The predicted octanol–water partition coefficient (Wildman–Crippen LogP) is 4.73. The first-order chi connectivity index (χ1) is 15.1. The number of nitrogens with one attached hydrogen (secondary N) is 3. The van der Waals surface area contributed by atoms with E-state index in [1.54, 1.807) is 12.2 Å². The Hall–Kier alpha value is -0.450. The van der Waals surface area contributed by atoms with E-state index >= 15 is 0 Å². The third-order valence-electron chi connectivity index (χ3n) is 7.77. The van der Waals surface area contributed by atoms with Crippen molar-refractivity contribution >= 4 is 10.8 Å². The maximum absolute atomic E-state index is 5.19. The lowest BCUT2D eigenvalue weighted by Gasteiger charge is -2.75. The smallest absolute Gasteiger partial charge is 0.0639 e. The Morgan fingerprint density at radius 2 is 1.67 bits per heavy atom. The van der Waals surface area contributed by atoms with Gasteiger partial charge < -0.3 is 10.8 Å². The lowest BCUT2D eigenvalue weighted by Crippen LogP contribution is -2.79. The van der Waals surface area contributed by atoms with Gasteiger partial charge in [-0.15, -0.1) is 0 Å². The standard InChI is InChI=1S/C13H25N3O2S.C6H13N.C4H6.C2H6.H2O.2H2/c1-9-11(2,3)15-10(14-9)12-6-13(7-12,8-12)16(4)19(5)17-18-19;1-7-5-4-6-2-3-6;1-3-4-2;1-2;;;/h9-10,14-15H,6-8H2,1-5H3;6-7H,2-5H2,1H3;3-4H,1-2H2;1-2H3;1H2;2*1H/t9-,10?,12?,13?;;;;;;/m0....../s1. The minimum atomic E-state index is -1.32. The Morgan fingerprint density at radius 1 is 1.15 bits per heavy atom. The Labute approximate surface area is 208 Å². The highest BCUT2D eigenvalue weighted by Gasteiger charge is 2.75. The molecule has 0 aromatic heterocycles. The molecule has 6 rings (SSSR count). The maximum atomic E-state index is 5.19. The molecule has 0 aromatic carbocycles. The van der Waals surface area contributed by atoms with E-state index in [0.717, 1.165) is 5.92 Å². The van der Waals surface area contributed by atoms with E-state index in [1.807, 2.05) is 20.9 Å². The van der Waals surface area contributed by atoms with Crippen molar-refractivity contribution in [1.82, 2.24) is 20.3 Å². The summed E-state index contributed by atoms with van der Waals surface area (Å²) in [5.74, 6) is 1.09. The molecule has 1 unspecified atom stereocenters. The van der Waals surface area contributed by atoms with Crippen LogP contribution in [-0.2, 0) is 8.67 Å². The Bertz CT molecular complexity index is 622. The summed E-state index contributed by atoms with van der Waals surface area (Å²) in [5.41, 5.74) is 1.000. The highest BCUT2D eigenvalue weighted by molar-refractivity contribution is 8.26. The second kappa shape index (κ2) is 12.0. The quantitative estimate of drug-likeness (QED) is 0.270. The summed E-state index contributed by atoms with van der Waals surface area (Å²) in [5, 5.41) is 10.7. The first kappa shape index (κ1) is 30.6. The van der Waals surface area contributed by atoms with Crippen molar-refractivity contribution in [2.45, 2.75) is 96.4 Å². The van der Waals surface area contributed by atoms with Crippen LogP contribution in [0.2, 0.25) is 0 Å². The minimum absolute atomic E-state index is 0. The van der Waals surface area contributed by atoms with E-state index in [1.165, 1.54) is 45.1 Å². The van der Waals surface area contributed by atoms with Gasteiger partial charge >= 0.3 is 0 Å². The van der Waals surface area contributed by atoms with Crippen molar-refractivity contribution in [3.8, 4) is 0 Å². The molecule has 6 aliphatic rings. The van der Waals surface area contributed by atoms with E-state index in [2.05, 4.69) is 67.5 Å². The van der Waals surface area contributed by atoms with Gasteiger partial charge in [0.1, 0.15) is 0 Å². The monoisotopic (exact) mass is 492 g/mol. The number of hydrogen-bond acceptors (Lipinski definition) is 6. The highest BCUT2D eigenvalue weighted by atomic mass is 32.3. The van der Waals surface area contributed by atoms with Gasteiger partial charge in [0, 0.05) is 38.7 Å². The van der Waals surface area contributed by atoms with Crippen LogP contribution in [0.15, 0.2) is 25.3 Å². The van der Waals surface area contributed by atoms with Crippen LogP contribution in [0.3, 0.4) is 0 Å². The van der Waals surface area contributed by atoms with Crippen LogP contribution in [0, 0.1) is 11.3 Å². The van der Waals surface area contributed by atoms with Crippen LogP contribution in [0.25, 0.3) is 0 Å². The van der Waals surface area contributed by atoms with Gasteiger partial charge in [-0.1, -0.05) is 71.4 Å². The van der Waals surface area contributed by atoms with Crippen molar-refractivity contribution in [2.24, 2.45) is 11.3 Å². The van der Waals surface area contributed by atoms with Gasteiger partial charge in [-0.25, -0.2) is 0 Å². The third-order valence-corrected chi connectivity index (χ3v) is 9.68. The summed E-state index contributed by atoms with van der Waals surface area (Å²) in [7, 11) is 2.85. The van der Waals surface area contributed by atoms with Crippen LogP contribution in [0.5, 0.6) is 0 Å². The molecule has 2 bridgehead atoms. The van der Waals surface area contributed by atoms with E-state index in [0.29, 0.717) is 23.2 Å². The number of allylic oxidation sites excluding steroid dienone is 2. The van der Waals surface area contributed by atoms with Crippen LogP contribution >= 0.6 is 10.8 Å². The zero-order valence-electron chi connectivity index (χ0n) is 22.4. The Morgan fingerprint density at radius 3 is 2.00 bits per heavy atom. The zero-order valence-corrected chi connectivity index (χ0v) is 23.2. The largest absolute Gasteiger partial charge is 0.412 e. The molecule has 0 aromatic rings. The zero-order chi connectivity index (χ0) is 24.2. The lowest BCUT2D eigenvalue weighted by atomic mass is 9.38. The average Bonchev–Trinajstić information content (AvgIpc) is 3.63. The first-order valence-corrected chi connectivity index (χ1v) is 14.2. The fourth-order valence-corrected chi connectivity index (χ4v) is 6.42. The van der Waals surface area contributed by atoms with Gasteiger partial charge in [0.25, 0.3) is 0 Å². The van der Waals surface area contributed by atoms with Gasteiger partial charge in [-0.3, -0.25) is 10.6 Å². The SMILES string of the molecule is C=CC=C.CC.CNCCC1CC1.C[C@@H]1NC(C23CC(N(C)S4(C)OO4)(C2)C3)NC1(C)C.O.[HH].[HH]. The number of nitrogens with zero attached hydrogens (tertiary/aromatic N) is 1. The fraction of sp³-hybridized carbons (Fsp3) is 0.840. The molecule has 200 valence electrons. The van der Waals surface area contributed by atoms with Crippen molar-refractivity contribution in [3.63, 3.8) is 0 Å². The normalized spacial score (nSPS) is 36.4. The number of hydrogen-bond donors (Lipinski definition) is 3. The van der Waals surface area contributed by atoms with Crippen LogP contribution < -0.4 is 16.0 Å². The molecule has 33 heavy (non-hydrogen) atoms. The molecule has 0 spiro atoms. The summed E-state index contributed by atoms with van der Waals surface area (Å²) in [6, 6.07) is 0.526. The van der Waals surface area contributed by atoms with Gasteiger partial charge in [-0.2, -0.15) is 4.31 Å². The summed E-state index contributed by atoms with van der Waals surface area (Å²) in [6.45, 7) is 18.8. The Balaban J connectivity index is 0. The molecule has 4 saturated carbocycles. The minimum Gasteiger partial charge on any atom is -0.412 e. The van der Waals surface area contributed by atoms with Crippen molar-refractivity contribution in [1.29, 1.82) is 0 Å². The summed E-state index contributed by atoms with van der Waals surface area (Å²) >= 11 is 0. The molecule has 0 radical (unpaired) electrons. The summed E-state index contributed by atoms with van der Waals surface area (Å²) in [4.78, 5) is 0. The Kier molecular flexibility index (Phi) is 11.1. The third kappa shape index (κ3) is 6.82. The highest BCUT2D eigenvalue weighted by Crippen LogP contribution is 2.78. The van der Waals surface area contributed by atoms with Crippen LogP contribution in [0.4, 0.5) is 0 Å². The molecule has 6 fully saturated rings. The molecular formula is C25H56N4O3S. The van der Waals surface area contributed by atoms with Gasteiger partial charge in [0.15, 0.2) is 0 Å². The molecule has 2 atom stereocenters. The van der Waals surface area contributed by atoms with Gasteiger partial charge in [0.2, 0.25) is 0 Å². The molecule has 5 N–H and O–H groups in total. The molecule has 8 heteroatoms. The van der Waals surface area contributed by atoms with E-state index in [-0.39, 0.29) is 13.9 Å². The van der Waals surface area contributed by atoms with Crippen molar-refractivity contribution in [3.05, 3.63) is 25.3 Å². The second-order valence-corrected chi connectivity index (χ2v) is 12.8.